The molecule has 0 radical (unpaired) electrons. The average Bonchev–Trinajstić information content (AvgIpc) is 2.42. The number of thiazole rings is 1. The zero-order valence-electron chi connectivity index (χ0n) is 7.24. The first kappa shape index (κ1) is 9.08. The van der Waals surface area contributed by atoms with Gasteiger partial charge in [-0.3, -0.25) is 0 Å². The van der Waals surface area contributed by atoms with Crippen molar-refractivity contribution in [3.63, 3.8) is 0 Å². The predicted octanol–water partition coefficient (Wildman–Crippen LogP) is 2.44. The van der Waals surface area contributed by atoms with E-state index in [-0.39, 0.29) is 5.56 Å². The van der Waals surface area contributed by atoms with Crippen molar-refractivity contribution in [1.29, 1.82) is 0 Å². The Morgan fingerprint density at radius 2 is 2.29 bits per heavy atom. The Bertz CT molecular complexity index is 521. The molecule has 0 atom stereocenters. The molecule has 1 aromatic heterocycles. The SMILES string of the molecule is Cc1nc2cc(F)cc(C(=O)O)c2s1. The Morgan fingerprint density at radius 1 is 1.57 bits per heavy atom. The number of nitrogens with zero attached hydrogens (tertiary/aromatic N) is 1. The predicted molar refractivity (Wildman–Crippen MR) is 51.3 cm³/mol. The van der Waals surface area contributed by atoms with E-state index in [4.69, 9.17) is 5.11 Å². The molecular formula is C9H6FNO2S. The van der Waals surface area contributed by atoms with Crippen molar-refractivity contribution in [2.45, 2.75) is 6.92 Å². The van der Waals surface area contributed by atoms with Crippen LogP contribution in [0.15, 0.2) is 12.1 Å². The van der Waals surface area contributed by atoms with Crippen LogP contribution in [0.2, 0.25) is 0 Å². The quantitative estimate of drug-likeness (QED) is 0.788. The molecular weight excluding hydrogens is 205 g/mol. The summed E-state index contributed by atoms with van der Waals surface area (Å²) in [4.78, 5) is 14.8. The number of rotatable bonds is 1. The largest absolute Gasteiger partial charge is 0.478 e. The molecule has 0 aliphatic heterocycles. The molecule has 2 aromatic rings. The maximum absolute atomic E-state index is 13.0. The summed E-state index contributed by atoms with van der Waals surface area (Å²) in [5, 5.41) is 9.56. The first-order valence-electron chi connectivity index (χ1n) is 3.88. The molecule has 2 rings (SSSR count). The van der Waals surface area contributed by atoms with Gasteiger partial charge in [-0.1, -0.05) is 0 Å². The van der Waals surface area contributed by atoms with Crippen LogP contribution in [0.3, 0.4) is 0 Å². The number of aromatic carboxylic acids is 1. The van der Waals surface area contributed by atoms with Crippen molar-refractivity contribution in [3.8, 4) is 0 Å². The number of aromatic nitrogens is 1. The molecule has 14 heavy (non-hydrogen) atoms. The monoisotopic (exact) mass is 211 g/mol. The lowest BCUT2D eigenvalue weighted by Gasteiger charge is -1.95. The van der Waals surface area contributed by atoms with Gasteiger partial charge in [-0.15, -0.1) is 11.3 Å². The minimum absolute atomic E-state index is 0.0226. The third-order valence-electron chi connectivity index (χ3n) is 1.79. The highest BCUT2D eigenvalue weighted by Gasteiger charge is 2.13. The number of carboxylic acids is 1. The first-order chi connectivity index (χ1) is 6.58. The van der Waals surface area contributed by atoms with Crippen LogP contribution in [0.5, 0.6) is 0 Å². The zero-order valence-corrected chi connectivity index (χ0v) is 8.06. The lowest BCUT2D eigenvalue weighted by atomic mass is 10.2. The minimum Gasteiger partial charge on any atom is -0.478 e. The molecule has 0 fully saturated rings. The van der Waals surface area contributed by atoms with Gasteiger partial charge in [-0.25, -0.2) is 14.2 Å². The number of halogens is 1. The van der Waals surface area contributed by atoms with Gasteiger partial charge in [0.05, 0.1) is 20.8 Å². The fourth-order valence-corrected chi connectivity index (χ4v) is 2.17. The van der Waals surface area contributed by atoms with Gasteiger partial charge in [0.1, 0.15) is 5.82 Å². The van der Waals surface area contributed by atoms with E-state index >= 15 is 0 Å². The van der Waals surface area contributed by atoms with Crippen LogP contribution in [0.25, 0.3) is 10.2 Å². The first-order valence-corrected chi connectivity index (χ1v) is 4.69. The van der Waals surface area contributed by atoms with Crippen LogP contribution in [0, 0.1) is 12.7 Å². The summed E-state index contributed by atoms with van der Waals surface area (Å²) in [7, 11) is 0. The van der Waals surface area contributed by atoms with Crippen molar-refractivity contribution >= 4 is 27.5 Å². The molecule has 0 aliphatic rings. The van der Waals surface area contributed by atoms with Gasteiger partial charge < -0.3 is 5.11 Å². The standard InChI is InChI=1S/C9H6FNO2S/c1-4-11-7-3-5(10)2-6(9(12)13)8(7)14-4/h2-3H,1H3,(H,12,13). The Labute approximate surface area is 82.8 Å². The van der Waals surface area contributed by atoms with Gasteiger partial charge in [0.15, 0.2) is 0 Å². The topological polar surface area (TPSA) is 50.2 Å². The fraction of sp³-hybridized carbons (Fsp3) is 0.111. The number of hydrogen-bond donors (Lipinski definition) is 1. The summed E-state index contributed by atoms with van der Waals surface area (Å²) in [5.41, 5.74) is 0.385. The Kier molecular flexibility index (Phi) is 1.96. The van der Waals surface area contributed by atoms with E-state index in [1.54, 1.807) is 6.92 Å². The molecule has 3 nitrogen and oxygen atoms in total. The summed E-state index contributed by atoms with van der Waals surface area (Å²) < 4.78 is 13.5. The Hall–Kier alpha value is -1.49. The highest BCUT2D eigenvalue weighted by Crippen LogP contribution is 2.26. The molecule has 5 heteroatoms. The number of hydrogen-bond acceptors (Lipinski definition) is 3. The molecule has 1 N–H and O–H groups in total. The maximum atomic E-state index is 13.0. The lowest BCUT2D eigenvalue weighted by Crippen LogP contribution is -1.97. The molecule has 0 saturated heterocycles. The molecule has 72 valence electrons. The van der Waals surface area contributed by atoms with Crippen molar-refractivity contribution < 1.29 is 14.3 Å². The third-order valence-corrected chi connectivity index (χ3v) is 2.81. The van der Waals surface area contributed by atoms with E-state index in [1.807, 2.05) is 0 Å². The van der Waals surface area contributed by atoms with Crippen LogP contribution < -0.4 is 0 Å². The van der Waals surface area contributed by atoms with Crippen molar-refractivity contribution in [1.82, 2.24) is 4.98 Å². The summed E-state index contributed by atoms with van der Waals surface area (Å²) in [5.74, 6) is -1.70. The van der Waals surface area contributed by atoms with E-state index in [9.17, 15) is 9.18 Å². The van der Waals surface area contributed by atoms with E-state index in [0.29, 0.717) is 10.2 Å². The number of benzene rings is 1. The smallest absolute Gasteiger partial charge is 0.337 e. The van der Waals surface area contributed by atoms with Crippen molar-refractivity contribution in [2.24, 2.45) is 0 Å². The van der Waals surface area contributed by atoms with Gasteiger partial charge in [0.2, 0.25) is 0 Å². The summed E-state index contributed by atoms with van der Waals surface area (Å²) in [6.07, 6.45) is 0. The number of fused-ring (bicyclic) bond motifs is 1. The number of carbonyl (C=O) groups is 1. The van der Waals surface area contributed by atoms with Crippen molar-refractivity contribution in [2.75, 3.05) is 0 Å². The molecule has 1 heterocycles. The fourth-order valence-electron chi connectivity index (χ4n) is 1.27. The zero-order chi connectivity index (χ0) is 10.3. The molecule has 0 amide bonds. The van der Waals surface area contributed by atoms with E-state index in [0.717, 1.165) is 11.1 Å². The second-order valence-corrected chi connectivity index (χ2v) is 4.04. The van der Waals surface area contributed by atoms with Crippen LogP contribution in [0.4, 0.5) is 4.39 Å². The summed E-state index contributed by atoms with van der Waals surface area (Å²) in [6.45, 7) is 1.76. The second-order valence-electron chi connectivity index (χ2n) is 2.84. The molecule has 0 spiro atoms. The second kappa shape index (κ2) is 3.02. The van der Waals surface area contributed by atoms with E-state index in [1.165, 1.54) is 17.4 Å². The average molecular weight is 211 g/mol. The van der Waals surface area contributed by atoms with Gasteiger partial charge in [0, 0.05) is 6.07 Å². The van der Waals surface area contributed by atoms with Crippen LogP contribution in [0.1, 0.15) is 15.4 Å². The van der Waals surface area contributed by atoms with Gasteiger partial charge >= 0.3 is 5.97 Å². The number of carboxylic acid groups (broad SMARTS) is 1. The van der Waals surface area contributed by atoms with Crippen LogP contribution >= 0.6 is 11.3 Å². The molecule has 0 bridgehead atoms. The van der Waals surface area contributed by atoms with E-state index in [2.05, 4.69) is 4.98 Å². The van der Waals surface area contributed by atoms with Crippen LogP contribution in [-0.4, -0.2) is 16.1 Å². The Morgan fingerprint density at radius 3 is 2.93 bits per heavy atom. The van der Waals surface area contributed by atoms with E-state index < -0.39 is 11.8 Å². The molecule has 0 unspecified atom stereocenters. The lowest BCUT2D eigenvalue weighted by molar-refractivity contribution is 0.0698. The molecule has 0 aliphatic carbocycles. The Balaban J connectivity index is 2.85. The molecule has 1 aromatic carbocycles. The van der Waals surface area contributed by atoms with Gasteiger partial charge in [-0.05, 0) is 13.0 Å². The summed E-state index contributed by atoms with van der Waals surface area (Å²) >= 11 is 1.26. The third kappa shape index (κ3) is 1.35. The normalized spacial score (nSPS) is 10.7. The summed E-state index contributed by atoms with van der Waals surface area (Å²) in [6, 6.07) is 2.26. The highest BCUT2D eigenvalue weighted by atomic mass is 32.1. The highest BCUT2D eigenvalue weighted by molar-refractivity contribution is 7.18. The number of aryl methyl sites for hydroxylation is 1. The maximum Gasteiger partial charge on any atom is 0.337 e. The minimum atomic E-state index is -1.13. The van der Waals surface area contributed by atoms with Crippen LogP contribution in [-0.2, 0) is 0 Å². The van der Waals surface area contributed by atoms with Crippen molar-refractivity contribution in [3.05, 3.63) is 28.5 Å². The van der Waals surface area contributed by atoms with Gasteiger partial charge in [0.25, 0.3) is 0 Å². The molecule has 0 saturated carbocycles. The van der Waals surface area contributed by atoms with Gasteiger partial charge in [-0.2, -0.15) is 0 Å².